The number of nitrogen functional groups attached to an aromatic ring is 1. The number of fused-ring (bicyclic) bond motifs is 1. The third-order valence-corrected chi connectivity index (χ3v) is 3.86. The molecule has 3 rings (SSSR count). The van der Waals surface area contributed by atoms with Crippen molar-refractivity contribution >= 4 is 22.4 Å². The second-order valence-electron chi connectivity index (χ2n) is 5.97. The van der Waals surface area contributed by atoms with Gasteiger partial charge in [0, 0.05) is 25.2 Å². The Morgan fingerprint density at radius 1 is 1.21 bits per heavy atom. The first-order chi connectivity index (χ1) is 11.6. The monoisotopic (exact) mass is 325 g/mol. The second-order valence-corrected chi connectivity index (χ2v) is 5.97. The standard InChI is InChI=1S/C18H23N5O/c1-20-16-10-12(4-6-14(16)19)18-21-15-7-5-13(11-17(15)22-18)24-9-8-23(2)3/h4-7,10-11,20H,8-9,19H2,1-3H3,(H,21,22). The molecule has 0 unspecified atom stereocenters. The molecule has 0 aliphatic heterocycles. The fourth-order valence-electron chi connectivity index (χ4n) is 2.48. The van der Waals surface area contributed by atoms with Gasteiger partial charge in [0.15, 0.2) is 0 Å². The normalized spacial score (nSPS) is 11.2. The van der Waals surface area contributed by atoms with Crippen LogP contribution >= 0.6 is 0 Å². The number of nitrogens with two attached hydrogens (primary N) is 1. The van der Waals surface area contributed by atoms with E-state index in [4.69, 9.17) is 10.5 Å². The maximum Gasteiger partial charge on any atom is 0.138 e. The fourth-order valence-corrected chi connectivity index (χ4v) is 2.48. The highest BCUT2D eigenvalue weighted by molar-refractivity contribution is 5.82. The highest BCUT2D eigenvalue weighted by atomic mass is 16.5. The van der Waals surface area contributed by atoms with Crippen molar-refractivity contribution in [1.82, 2.24) is 14.9 Å². The molecule has 1 heterocycles. The summed E-state index contributed by atoms with van der Waals surface area (Å²) >= 11 is 0. The van der Waals surface area contributed by atoms with Gasteiger partial charge in [-0.2, -0.15) is 0 Å². The Kier molecular flexibility index (Phi) is 4.57. The molecule has 0 saturated heterocycles. The van der Waals surface area contributed by atoms with Crippen molar-refractivity contribution in [2.24, 2.45) is 0 Å². The smallest absolute Gasteiger partial charge is 0.138 e. The number of aromatic nitrogens is 2. The van der Waals surface area contributed by atoms with E-state index >= 15 is 0 Å². The van der Waals surface area contributed by atoms with Gasteiger partial charge < -0.3 is 25.7 Å². The van der Waals surface area contributed by atoms with Gasteiger partial charge in [0.05, 0.1) is 22.4 Å². The minimum Gasteiger partial charge on any atom is -0.492 e. The molecule has 0 fully saturated rings. The van der Waals surface area contributed by atoms with Gasteiger partial charge >= 0.3 is 0 Å². The summed E-state index contributed by atoms with van der Waals surface area (Å²) in [7, 11) is 5.91. The van der Waals surface area contributed by atoms with Gasteiger partial charge in [0.2, 0.25) is 0 Å². The predicted molar refractivity (Wildman–Crippen MR) is 99.5 cm³/mol. The summed E-state index contributed by atoms with van der Waals surface area (Å²) in [6.07, 6.45) is 0. The number of nitrogens with zero attached hydrogens (tertiary/aromatic N) is 2. The number of likely N-dealkylation sites (N-methyl/N-ethyl adjacent to an activating group) is 1. The molecule has 0 bridgehead atoms. The third kappa shape index (κ3) is 3.44. The third-order valence-electron chi connectivity index (χ3n) is 3.86. The Morgan fingerprint density at radius 3 is 2.79 bits per heavy atom. The van der Waals surface area contributed by atoms with Crippen molar-refractivity contribution in [2.45, 2.75) is 0 Å². The summed E-state index contributed by atoms with van der Waals surface area (Å²) in [5.74, 6) is 1.65. The van der Waals surface area contributed by atoms with Crippen LogP contribution in [0.25, 0.3) is 22.4 Å². The summed E-state index contributed by atoms with van der Waals surface area (Å²) in [6, 6.07) is 11.7. The van der Waals surface area contributed by atoms with E-state index in [-0.39, 0.29) is 0 Å². The number of rotatable bonds is 6. The molecule has 0 atom stereocenters. The molecule has 2 aromatic carbocycles. The van der Waals surface area contributed by atoms with E-state index in [0.717, 1.165) is 40.4 Å². The van der Waals surface area contributed by atoms with Crippen molar-refractivity contribution in [3.05, 3.63) is 36.4 Å². The van der Waals surface area contributed by atoms with E-state index in [9.17, 15) is 0 Å². The molecule has 0 radical (unpaired) electrons. The Hall–Kier alpha value is -2.73. The maximum absolute atomic E-state index is 5.93. The number of hydrogen-bond donors (Lipinski definition) is 3. The van der Waals surface area contributed by atoms with Crippen molar-refractivity contribution in [2.75, 3.05) is 45.3 Å². The van der Waals surface area contributed by atoms with Crippen LogP contribution in [0, 0.1) is 0 Å². The van der Waals surface area contributed by atoms with Crippen molar-refractivity contribution in [1.29, 1.82) is 0 Å². The van der Waals surface area contributed by atoms with Crippen molar-refractivity contribution < 1.29 is 4.74 Å². The van der Waals surface area contributed by atoms with Crippen LogP contribution in [0.2, 0.25) is 0 Å². The molecule has 6 heteroatoms. The molecule has 0 amide bonds. The van der Waals surface area contributed by atoms with Crippen LogP contribution in [-0.4, -0.2) is 49.2 Å². The van der Waals surface area contributed by atoms with E-state index in [1.54, 1.807) is 0 Å². The van der Waals surface area contributed by atoms with Crippen LogP contribution in [-0.2, 0) is 0 Å². The zero-order chi connectivity index (χ0) is 17.1. The molecule has 0 saturated carbocycles. The van der Waals surface area contributed by atoms with E-state index in [1.807, 2.05) is 57.5 Å². The largest absolute Gasteiger partial charge is 0.492 e. The molecule has 0 spiro atoms. The number of ether oxygens (including phenoxy) is 1. The zero-order valence-electron chi connectivity index (χ0n) is 14.3. The Balaban J connectivity index is 1.86. The van der Waals surface area contributed by atoms with Crippen LogP contribution in [0.15, 0.2) is 36.4 Å². The first-order valence-electron chi connectivity index (χ1n) is 7.92. The van der Waals surface area contributed by atoms with Crippen molar-refractivity contribution in [3.63, 3.8) is 0 Å². The van der Waals surface area contributed by atoms with Gasteiger partial charge in [-0.3, -0.25) is 0 Å². The minimum atomic E-state index is 0.656. The minimum absolute atomic E-state index is 0.656. The van der Waals surface area contributed by atoms with Gasteiger partial charge in [-0.15, -0.1) is 0 Å². The van der Waals surface area contributed by atoms with Crippen LogP contribution in [0.5, 0.6) is 5.75 Å². The molecule has 6 nitrogen and oxygen atoms in total. The lowest BCUT2D eigenvalue weighted by Crippen LogP contribution is -2.19. The number of nitrogens with one attached hydrogen (secondary N) is 2. The van der Waals surface area contributed by atoms with Gasteiger partial charge in [-0.1, -0.05) is 0 Å². The summed E-state index contributed by atoms with van der Waals surface area (Å²) < 4.78 is 5.78. The SMILES string of the molecule is CNc1cc(-c2nc3ccc(OCCN(C)C)cc3[nH]2)ccc1N. The molecule has 126 valence electrons. The summed E-state index contributed by atoms with van der Waals surface area (Å²) in [5, 5.41) is 3.09. The lowest BCUT2D eigenvalue weighted by atomic mass is 10.1. The van der Waals surface area contributed by atoms with Crippen molar-refractivity contribution in [3.8, 4) is 17.1 Å². The molecule has 4 N–H and O–H groups in total. The maximum atomic E-state index is 5.93. The van der Waals surface area contributed by atoms with Crippen LogP contribution < -0.4 is 15.8 Å². The topological polar surface area (TPSA) is 79.2 Å². The quantitative estimate of drug-likeness (QED) is 0.607. The number of hydrogen-bond acceptors (Lipinski definition) is 5. The number of anilines is 2. The number of imidazole rings is 1. The average Bonchev–Trinajstić information content (AvgIpc) is 2.98. The summed E-state index contributed by atoms with van der Waals surface area (Å²) in [6.45, 7) is 1.54. The second kappa shape index (κ2) is 6.80. The predicted octanol–water partition coefficient (Wildman–Crippen LogP) is 2.79. The van der Waals surface area contributed by atoms with Gasteiger partial charge in [0.1, 0.15) is 18.2 Å². The zero-order valence-corrected chi connectivity index (χ0v) is 14.3. The van der Waals surface area contributed by atoms with Gasteiger partial charge in [-0.05, 0) is 44.4 Å². The molecule has 24 heavy (non-hydrogen) atoms. The molecule has 1 aromatic heterocycles. The van der Waals surface area contributed by atoms with E-state index in [1.165, 1.54) is 0 Å². The highest BCUT2D eigenvalue weighted by Crippen LogP contribution is 2.28. The number of benzene rings is 2. The van der Waals surface area contributed by atoms with E-state index < -0.39 is 0 Å². The lowest BCUT2D eigenvalue weighted by molar-refractivity contribution is 0.261. The van der Waals surface area contributed by atoms with E-state index in [0.29, 0.717) is 12.3 Å². The van der Waals surface area contributed by atoms with Crippen LogP contribution in [0.3, 0.4) is 0 Å². The van der Waals surface area contributed by atoms with Crippen LogP contribution in [0.4, 0.5) is 11.4 Å². The molecule has 0 aliphatic rings. The fraction of sp³-hybridized carbons (Fsp3) is 0.278. The molecular formula is C18H23N5O. The molecule has 3 aromatic rings. The molecular weight excluding hydrogens is 302 g/mol. The summed E-state index contributed by atoms with van der Waals surface area (Å²) in [4.78, 5) is 10.1. The Morgan fingerprint density at radius 2 is 2.04 bits per heavy atom. The number of aromatic amines is 1. The highest BCUT2D eigenvalue weighted by Gasteiger charge is 2.08. The first-order valence-corrected chi connectivity index (χ1v) is 7.92. The summed E-state index contributed by atoms with van der Waals surface area (Å²) in [5.41, 5.74) is 10.4. The molecule has 0 aliphatic carbocycles. The van der Waals surface area contributed by atoms with Gasteiger partial charge in [-0.25, -0.2) is 4.98 Å². The van der Waals surface area contributed by atoms with Gasteiger partial charge in [0.25, 0.3) is 0 Å². The average molecular weight is 325 g/mol. The van der Waals surface area contributed by atoms with Crippen LogP contribution in [0.1, 0.15) is 0 Å². The number of H-pyrrole nitrogens is 1. The first kappa shape index (κ1) is 16.1. The van der Waals surface area contributed by atoms with E-state index in [2.05, 4.69) is 20.2 Å². The lowest BCUT2D eigenvalue weighted by Gasteiger charge is -2.10. The Labute approximate surface area is 141 Å². The Bertz CT molecular complexity index is 841.